The summed E-state index contributed by atoms with van der Waals surface area (Å²) in [7, 11) is 3.42. The quantitative estimate of drug-likeness (QED) is 0.584. The van der Waals surface area contributed by atoms with Crippen LogP contribution in [0, 0.1) is 17.3 Å². The first-order valence-electron chi connectivity index (χ1n) is 10.2. The van der Waals surface area contributed by atoms with Crippen molar-refractivity contribution in [2.24, 2.45) is 17.3 Å². The van der Waals surface area contributed by atoms with E-state index in [1.807, 2.05) is 19.2 Å². The van der Waals surface area contributed by atoms with E-state index in [1.54, 1.807) is 7.11 Å². The van der Waals surface area contributed by atoms with Crippen molar-refractivity contribution in [2.45, 2.75) is 64.4 Å². The lowest BCUT2D eigenvalue weighted by molar-refractivity contribution is -0.113. The minimum absolute atomic E-state index is 0.276. The molecular formula is C23H30O4. The Labute approximate surface area is 161 Å². The van der Waals surface area contributed by atoms with Gasteiger partial charge in [-0.1, -0.05) is 6.92 Å². The van der Waals surface area contributed by atoms with Crippen LogP contribution in [0.1, 0.15) is 73.4 Å². The van der Waals surface area contributed by atoms with Crippen LogP contribution in [0.3, 0.4) is 0 Å². The number of methoxy groups -OCH3 is 2. The van der Waals surface area contributed by atoms with Crippen LogP contribution in [0.25, 0.3) is 0 Å². The van der Waals surface area contributed by atoms with Gasteiger partial charge in [0, 0.05) is 14.0 Å². The van der Waals surface area contributed by atoms with E-state index in [-0.39, 0.29) is 5.41 Å². The summed E-state index contributed by atoms with van der Waals surface area (Å²) < 4.78 is 11.3. The summed E-state index contributed by atoms with van der Waals surface area (Å²) >= 11 is 0. The fraction of sp³-hybridized carbons (Fsp3) is 0.652. The molecule has 0 heterocycles. The third-order valence-corrected chi connectivity index (χ3v) is 7.81. The Balaban J connectivity index is 1.73. The van der Waals surface area contributed by atoms with Crippen molar-refractivity contribution in [1.82, 2.24) is 0 Å². The van der Waals surface area contributed by atoms with Gasteiger partial charge in [0.1, 0.15) is 5.75 Å². The predicted octanol–water partition coefficient (Wildman–Crippen LogP) is 4.34. The zero-order valence-electron chi connectivity index (χ0n) is 16.8. The van der Waals surface area contributed by atoms with Gasteiger partial charge in [0.15, 0.2) is 5.78 Å². The Kier molecular flexibility index (Phi) is 4.66. The van der Waals surface area contributed by atoms with Gasteiger partial charge < -0.3 is 9.47 Å². The van der Waals surface area contributed by atoms with E-state index in [1.165, 1.54) is 37.3 Å². The number of carbonyl (C=O) groups is 2. The van der Waals surface area contributed by atoms with Crippen molar-refractivity contribution < 1.29 is 19.1 Å². The summed E-state index contributed by atoms with van der Waals surface area (Å²) in [6.45, 7) is 3.75. The zero-order valence-corrected chi connectivity index (χ0v) is 16.8. The number of aryl methyl sites for hydroxylation is 1. The van der Waals surface area contributed by atoms with E-state index in [0.717, 1.165) is 19.3 Å². The number of hydrogen-bond acceptors (Lipinski definition) is 4. The predicted molar refractivity (Wildman–Crippen MR) is 103 cm³/mol. The highest BCUT2D eigenvalue weighted by Gasteiger charge is 2.55. The van der Waals surface area contributed by atoms with Crippen LogP contribution in [-0.2, 0) is 16.0 Å². The normalized spacial score (nSPS) is 34.4. The van der Waals surface area contributed by atoms with Gasteiger partial charge >= 0.3 is 0 Å². The third-order valence-electron chi connectivity index (χ3n) is 7.81. The number of Topliss-reactive ketones (excluding diaryl/α,β-unsaturated/α-hetero) is 2. The summed E-state index contributed by atoms with van der Waals surface area (Å²) in [6.07, 6.45) is 7.27. The Bertz CT molecular complexity index is 783. The van der Waals surface area contributed by atoms with Crippen molar-refractivity contribution in [3.8, 4) is 5.75 Å². The molecule has 0 aliphatic heterocycles. The van der Waals surface area contributed by atoms with E-state index < -0.39 is 11.6 Å². The second kappa shape index (κ2) is 6.73. The lowest BCUT2D eigenvalue weighted by atomic mass is 9.55. The van der Waals surface area contributed by atoms with E-state index in [9.17, 15) is 9.59 Å². The van der Waals surface area contributed by atoms with Crippen LogP contribution < -0.4 is 4.74 Å². The van der Waals surface area contributed by atoms with E-state index in [4.69, 9.17) is 9.47 Å². The molecule has 2 fully saturated rings. The van der Waals surface area contributed by atoms with Crippen molar-refractivity contribution in [1.29, 1.82) is 0 Å². The first-order valence-corrected chi connectivity index (χ1v) is 10.2. The van der Waals surface area contributed by atoms with Gasteiger partial charge in [-0.3, -0.25) is 9.59 Å². The fourth-order valence-electron chi connectivity index (χ4n) is 6.47. The first kappa shape index (κ1) is 18.7. The van der Waals surface area contributed by atoms with Gasteiger partial charge in [0.2, 0.25) is 5.78 Å². The number of fused-ring (bicyclic) bond motifs is 5. The highest BCUT2D eigenvalue weighted by molar-refractivity contribution is 6.43. The molecule has 3 aliphatic rings. The molecule has 0 saturated heterocycles. The Morgan fingerprint density at radius 1 is 1.11 bits per heavy atom. The van der Waals surface area contributed by atoms with Gasteiger partial charge in [0.05, 0.1) is 18.8 Å². The molecule has 0 spiro atoms. The summed E-state index contributed by atoms with van der Waals surface area (Å²) in [4.78, 5) is 24.1. The maximum atomic E-state index is 12.4. The van der Waals surface area contributed by atoms with Crippen molar-refractivity contribution in [2.75, 3.05) is 14.2 Å². The van der Waals surface area contributed by atoms with Gasteiger partial charge in [-0.2, -0.15) is 0 Å². The molecule has 1 aromatic carbocycles. The molecule has 0 radical (unpaired) electrons. The number of ketones is 2. The van der Waals surface area contributed by atoms with Crippen LogP contribution in [0.5, 0.6) is 5.75 Å². The minimum atomic E-state index is -0.447. The number of ether oxygens (including phenoxy) is 2. The summed E-state index contributed by atoms with van der Waals surface area (Å²) in [5, 5.41) is 0. The van der Waals surface area contributed by atoms with Crippen LogP contribution in [0.4, 0.5) is 0 Å². The Morgan fingerprint density at radius 3 is 2.56 bits per heavy atom. The number of carbonyl (C=O) groups excluding carboxylic acids is 2. The zero-order chi connectivity index (χ0) is 19.3. The molecular weight excluding hydrogens is 340 g/mol. The Hall–Kier alpha value is -1.68. The number of rotatable bonds is 4. The molecule has 2 saturated carbocycles. The molecule has 0 amide bonds. The number of hydrogen-bond donors (Lipinski definition) is 0. The highest BCUT2D eigenvalue weighted by atomic mass is 16.5. The minimum Gasteiger partial charge on any atom is -0.496 e. The fourth-order valence-corrected chi connectivity index (χ4v) is 6.47. The third kappa shape index (κ3) is 2.75. The Morgan fingerprint density at radius 2 is 1.89 bits per heavy atom. The number of benzene rings is 1. The highest BCUT2D eigenvalue weighted by Crippen LogP contribution is 2.61. The molecule has 1 aromatic rings. The lowest BCUT2D eigenvalue weighted by Gasteiger charge is -2.50. The molecule has 0 bridgehead atoms. The first-order chi connectivity index (χ1) is 12.9. The SMILES string of the molecule is COc1cc2c(cc1C(=O)C(C)=O)C1CC[C@]3(C)C(OC)CCC3C1CC2. The molecule has 3 aliphatic carbocycles. The largest absolute Gasteiger partial charge is 0.496 e. The molecule has 0 N–H and O–H groups in total. The van der Waals surface area contributed by atoms with Crippen LogP contribution in [0.15, 0.2) is 12.1 Å². The smallest absolute Gasteiger partial charge is 0.231 e. The average Bonchev–Trinajstić information content (AvgIpc) is 3.02. The molecule has 4 rings (SSSR count). The van der Waals surface area contributed by atoms with Crippen LogP contribution in [-0.4, -0.2) is 31.9 Å². The molecule has 4 heteroatoms. The van der Waals surface area contributed by atoms with Gasteiger partial charge in [-0.05, 0) is 85.0 Å². The monoisotopic (exact) mass is 370 g/mol. The second-order valence-electron chi connectivity index (χ2n) is 8.90. The van der Waals surface area contributed by atoms with Crippen molar-refractivity contribution in [3.63, 3.8) is 0 Å². The van der Waals surface area contributed by atoms with E-state index in [2.05, 4.69) is 6.92 Å². The van der Waals surface area contributed by atoms with Crippen LogP contribution >= 0.6 is 0 Å². The second-order valence-corrected chi connectivity index (χ2v) is 8.90. The molecule has 4 nitrogen and oxygen atoms in total. The topological polar surface area (TPSA) is 52.6 Å². The van der Waals surface area contributed by atoms with Gasteiger partial charge in [0.25, 0.3) is 0 Å². The van der Waals surface area contributed by atoms with Crippen molar-refractivity contribution in [3.05, 3.63) is 28.8 Å². The van der Waals surface area contributed by atoms with Crippen LogP contribution in [0.2, 0.25) is 0 Å². The summed E-state index contributed by atoms with van der Waals surface area (Å²) in [5.74, 6) is 1.46. The van der Waals surface area contributed by atoms with Crippen molar-refractivity contribution >= 4 is 11.6 Å². The molecule has 0 aromatic heterocycles. The van der Waals surface area contributed by atoms with E-state index in [0.29, 0.717) is 35.2 Å². The van der Waals surface area contributed by atoms with Gasteiger partial charge in [-0.25, -0.2) is 0 Å². The lowest BCUT2D eigenvalue weighted by Crippen LogP contribution is -2.44. The average molecular weight is 370 g/mol. The molecule has 146 valence electrons. The molecule has 27 heavy (non-hydrogen) atoms. The van der Waals surface area contributed by atoms with E-state index >= 15 is 0 Å². The summed E-state index contributed by atoms with van der Waals surface area (Å²) in [5.41, 5.74) is 3.27. The summed E-state index contributed by atoms with van der Waals surface area (Å²) in [6, 6.07) is 3.97. The standard InChI is InChI=1S/C23H30O4/c1-13(24)22(25)18-12-17-14(11-20(18)26-3)5-6-16-15(17)9-10-23(2)19(16)7-8-21(23)27-4/h11-12,15-16,19,21H,5-10H2,1-4H3/t15?,16?,19?,21?,23-/m0/s1. The maximum Gasteiger partial charge on any atom is 0.231 e. The van der Waals surface area contributed by atoms with Gasteiger partial charge in [-0.15, -0.1) is 0 Å². The molecule has 4 unspecified atom stereocenters. The maximum absolute atomic E-state index is 12.4. The molecule has 5 atom stereocenters.